The maximum Gasteiger partial charge on any atom is 0.402 e. The predicted molar refractivity (Wildman–Crippen MR) is 75.1 cm³/mol. The van der Waals surface area contributed by atoms with Crippen LogP contribution in [0.25, 0.3) is 0 Å². The van der Waals surface area contributed by atoms with Crippen LogP contribution in [0.2, 0.25) is 0 Å². The van der Waals surface area contributed by atoms with Crippen LogP contribution in [0.5, 0.6) is 0 Å². The van der Waals surface area contributed by atoms with Crippen molar-refractivity contribution in [3.05, 3.63) is 0 Å². The Bertz CT molecular complexity index is 219. The van der Waals surface area contributed by atoms with Crippen molar-refractivity contribution in [3.8, 4) is 0 Å². The van der Waals surface area contributed by atoms with Gasteiger partial charge in [0.15, 0.2) is 0 Å². The van der Waals surface area contributed by atoms with E-state index in [0.29, 0.717) is 6.42 Å². The van der Waals surface area contributed by atoms with Crippen LogP contribution in [0, 0.1) is 0 Å². The third-order valence-electron chi connectivity index (χ3n) is 2.59. The molecule has 1 amide bonds. The SMILES string of the molecule is NC(=O)O.NCCCCCCCCCCCC(=O)O. The molecule has 0 aromatic carbocycles. The van der Waals surface area contributed by atoms with Gasteiger partial charge in [-0.2, -0.15) is 0 Å². The largest absolute Gasteiger partial charge is 0.481 e. The van der Waals surface area contributed by atoms with Crippen molar-refractivity contribution in [2.75, 3.05) is 6.54 Å². The first-order valence-electron chi connectivity index (χ1n) is 6.91. The standard InChI is InChI=1S/C12H25NO2.CH3NO2/c13-11-9-7-5-3-1-2-4-6-8-10-12(14)15;2-1(3)4/h1-11,13H2,(H,14,15);2H2,(H,3,4). The Kier molecular flexibility index (Phi) is 17.6. The number of hydrogen-bond acceptors (Lipinski definition) is 3. The summed E-state index contributed by atoms with van der Waals surface area (Å²) in [6.07, 6.45) is 9.64. The third kappa shape index (κ3) is 31.5. The molecular weight excluding hydrogens is 248 g/mol. The highest BCUT2D eigenvalue weighted by molar-refractivity contribution is 5.66. The molecule has 0 bridgehead atoms. The average molecular weight is 276 g/mol. The van der Waals surface area contributed by atoms with Crippen molar-refractivity contribution < 1.29 is 19.8 Å². The Morgan fingerprint density at radius 3 is 1.37 bits per heavy atom. The molecule has 19 heavy (non-hydrogen) atoms. The predicted octanol–water partition coefficient (Wildman–Crippen LogP) is 2.55. The molecule has 0 rings (SSSR count). The van der Waals surface area contributed by atoms with Gasteiger partial charge in [0.25, 0.3) is 0 Å². The first kappa shape index (κ1) is 20.0. The molecule has 0 saturated carbocycles. The molecule has 0 aliphatic rings. The molecule has 6 heteroatoms. The zero-order chi connectivity index (χ0) is 14.9. The molecule has 0 aliphatic heterocycles. The summed E-state index contributed by atoms with van der Waals surface area (Å²) < 4.78 is 0. The molecule has 0 unspecified atom stereocenters. The van der Waals surface area contributed by atoms with Crippen molar-refractivity contribution in [2.45, 2.75) is 64.2 Å². The molecule has 0 spiro atoms. The van der Waals surface area contributed by atoms with Crippen LogP contribution in [0.3, 0.4) is 0 Å². The van der Waals surface area contributed by atoms with E-state index in [9.17, 15) is 4.79 Å². The lowest BCUT2D eigenvalue weighted by Crippen LogP contribution is -2.03. The molecule has 0 atom stereocenters. The van der Waals surface area contributed by atoms with Gasteiger partial charge in [0.2, 0.25) is 0 Å². The molecule has 0 radical (unpaired) electrons. The number of carbonyl (C=O) groups is 2. The zero-order valence-corrected chi connectivity index (χ0v) is 11.6. The topological polar surface area (TPSA) is 127 Å². The highest BCUT2D eigenvalue weighted by Crippen LogP contribution is 2.10. The Hall–Kier alpha value is -1.30. The van der Waals surface area contributed by atoms with Crippen LogP contribution in [-0.4, -0.2) is 28.8 Å². The van der Waals surface area contributed by atoms with Gasteiger partial charge in [-0.3, -0.25) is 4.79 Å². The maximum atomic E-state index is 10.2. The summed E-state index contributed by atoms with van der Waals surface area (Å²) >= 11 is 0. The van der Waals surface area contributed by atoms with E-state index < -0.39 is 12.1 Å². The van der Waals surface area contributed by atoms with Gasteiger partial charge in [-0.05, 0) is 19.4 Å². The minimum Gasteiger partial charge on any atom is -0.481 e. The quantitative estimate of drug-likeness (QED) is 0.431. The van der Waals surface area contributed by atoms with Crippen molar-refractivity contribution in [2.24, 2.45) is 11.5 Å². The van der Waals surface area contributed by atoms with Gasteiger partial charge in [-0.25, -0.2) is 4.79 Å². The average Bonchev–Trinajstić information content (AvgIpc) is 2.30. The fourth-order valence-corrected chi connectivity index (χ4v) is 1.66. The number of unbranched alkanes of at least 4 members (excludes halogenated alkanes) is 8. The minimum atomic E-state index is -1.33. The van der Waals surface area contributed by atoms with Gasteiger partial charge in [0.05, 0.1) is 0 Å². The Labute approximate surface area is 115 Å². The second kappa shape index (κ2) is 16.7. The highest BCUT2D eigenvalue weighted by atomic mass is 16.4. The molecule has 114 valence electrons. The van der Waals surface area contributed by atoms with Crippen LogP contribution in [0.15, 0.2) is 0 Å². The van der Waals surface area contributed by atoms with E-state index in [-0.39, 0.29) is 0 Å². The van der Waals surface area contributed by atoms with Gasteiger partial charge in [0, 0.05) is 6.42 Å². The monoisotopic (exact) mass is 276 g/mol. The smallest absolute Gasteiger partial charge is 0.402 e. The third-order valence-corrected chi connectivity index (χ3v) is 2.59. The summed E-state index contributed by atoms with van der Waals surface area (Å²) in [5, 5.41) is 15.6. The van der Waals surface area contributed by atoms with Crippen molar-refractivity contribution in [1.29, 1.82) is 0 Å². The number of carboxylic acids is 1. The molecule has 0 saturated heterocycles. The lowest BCUT2D eigenvalue weighted by Gasteiger charge is -2.01. The van der Waals surface area contributed by atoms with Crippen LogP contribution in [0.4, 0.5) is 4.79 Å². The number of primary amides is 1. The summed E-state index contributed by atoms with van der Waals surface area (Å²) in [4.78, 5) is 19.0. The lowest BCUT2D eigenvalue weighted by atomic mass is 10.1. The normalized spacial score (nSPS) is 9.53. The second-order valence-corrected chi connectivity index (χ2v) is 4.45. The van der Waals surface area contributed by atoms with Gasteiger partial charge in [-0.1, -0.05) is 44.9 Å². The van der Waals surface area contributed by atoms with E-state index in [2.05, 4.69) is 5.73 Å². The van der Waals surface area contributed by atoms with E-state index in [4.69, 9.17) is 20.7 Å². The molecule has 6 nitrogen and oxygen atoms in total. The van der Waals surface area contributed by atoms with Crippen molar-refractivity contribution >= 4 is 12.1 Å². The second-order valence-electron chi connectivity index (χ2n) is 4.45. The van der Waals surface area contributed by atoms with Gasteiger partial charge >= 0.3 is 12.1 Å². The number of nitrogens with two attached hydrogens (primary N) is 2. The number of carboxylic acid groups (broad SMARTS) is 2. The molecule has 0 heterocycles. The zero-order valence-electron chi connectivity index (χ0n) is 11.6. The van der Waals surface area contributed by atoms with E-state index in [1.807, 2.05) is 0 Å². The van der Waals surface area contributed by atoms with E-state index in [1.54, 1.807) is 0 Å². The van der Waals surface area contributed by atoms with Crippen LogP contribution < -0.4 is 11.5 Å². The molecule has 0 aliphatic carbocycles. The summed E-state index contributed by atoms with van der Waals surface area (Å²) in [6, 6.07) is 0. The van der Waals surface area contributed by atoms with E-state index in [0.717, 1.165) is 25.8 Å². The molecule has 0 fully saturated rings. The van der Waals surface area contributed by atoms with E-state index >= 15 is 0 Å². The fourth-order valence-electron chi connectivity index (χ4n) is 1.66. The summed E-state index contributed by atoms with van der Waals surface area (Å²) in [6.45, 7) is 0.815. The number of hydrogen-bond donors (Lipinski definition) is 4. The number of amides is 1. The van der Waals surface area contributed by atoms with Gasteiger partial charge in [0.1, 0.15) is 0 Å². The fraction of sp³-hybridized carbons (Fsp3) is 0.846. The number of aliphatic carboxylic acids is 1. The van der Waals surface area contributed by atoms with Crippen LogP contribution >= 0.6 is 0 Å². The molecule has 0 aromatic rings. The van der Waals surface area contributed by atoms with Crippen molar-refractivity contribution in [1.82, 2.24) is 0 Å². The minimum absolute atomic E-state index is 0.330. The van der Waals surface area contributed by atoms with Gasteiger partial charge in [-0.15, -0.1) is 0 Å². The Morgan fingerprint density at radius 2 is 1.05 bits per heavy atom. The highest BCUT2D eigenvalue weighted by Gasteiger charge is 1.96. The van der Waals surface area contributed by atoms with Crippen LogP contribution in [0.1, 0.15) is 64.2 Å². The molecular formula is C13H28N2O4. The lowest BCUT2D eigenvalue weighted by molar-refractivity contribution is -0.137. The summed E-state index contributed by atoms with van der Waals surface area (Å²) in [5.41, 5.74) is 9.43. The molecule has 6 N–H and O–H groups in total. The number of rotatable bonds is 11. The maximum absolute atomic E-state index is 10.2. The summed E-state index contributed by atoms with van der Waals surface area (Å²) in [5.74, 6) is -0.670. The first-order valence-corrected chi connectivity index (χ1v) is 6.91. The van der Waals surface area contributed by atoms with Crippen molar-refractivity contribution in [3.63, 3.8) is 0 Å². The Balaban J connectivity index is 0. The first-order chi connectivity index (χ1) is 9.00. The summed E-state index contributed by atoms with van der Waals surface area (Å²) in [7, 11) is 0. The molecule has 0 aromatic heterocycles. The van der Waals surface area contributed by atoms with Crippen LogP contribution in [-0.2, 0) is 4.79 Å². The van der Waals surface area contributed by atoms with Gasteiger partial charge < -0.3 is 21.7 Å². The Morgan fingerprint density at radius 1 is 0.737 bits per heavy atom. The van der Waals surface area contributed by atoms with E-state index in [1.165, 1.54) is 38.5 Å².